The summed E-state index contributed by atoms with van der Waals surface area (Å²) in [4.78, 5) is 3.42. The molecule has 0 amide bonds. The highest BCUT2D eigenvalue weighted by molar-refractivity contribution is 6.32. The van der Waals surface area contributed by atoms with E-state index in [1.807, 2.05) is 0 Å². The maximum absolute atomic E-state index is 11.9. The molecule has 4 nitrogen and oxygen atoms in total. The van der Waals surface area contributed by atoms with E-state index in [-0.39, 0.29) is 5.82 Å². The van der Waals surface area contributed by atoms with Crippen molar-refractivity contribution >= 4 is 17.4 Å². The van der Waals surface area contributed by atoms with Gasteiger partial charge >= 0.3 is 6.36 Å². The fraction of sp³-hybridized carbons (Fsp3) is 0.143. The molecule has 0 fully saturated rings. The zero-order chi connectivity index (χ0) is 11.6. The molecule has 0 saturated heterocycles. The highest BCUT2D eigenvalue weighted by Gasteiger charge is 2.34. The monoisotopic (exact) mass is 237 g/mol. The molecule has 0 atom stereocenters. The van der Waals surface area contributed by atoms with Gasteiger partial charge in [0.25, 0.3) is 0 Å². The third kappa shape index (κ3) is 2.63. The summed E-state index contributed by atoms with van der Waals surface area (Å²) >= 11 is 5.39. The zero-order valence-electron chi connectivity index (χ0n) is 6.97. The van der Waals surface area contributed by atoms with Gasteiger partial charge in [-0.2, -0.15) is 5.26 Å². The molecule has 0 radical (unpaired) electrons. The standard InChI is InChI=1S/C7H3ClF3N3O/c8-4-2-14-6(13)3(1-12)5(4)15-7(9,10)11/h2H,(H2,13,14). The molecule has 1 aromatic rings. The Morgan fingerprint density at radius 3 is 2.60 bits per heavy atom. The molecule has 0 aliphatic carbocycles. The van der Waals surface area contributed by atoms with Gasteiger partial charge in [0.1, 0.15) is 22.5 Å². The summed E-state index contributed by atoms with van der Waals surface area (Å²) in [7, 11) is 0. The first-order valence-corrected chi connectivity index (χ1v) is 3.82. The number of hydrogen-bond donors (Lipinski definition) is 1. The van der Waals surface area contributed by atoms with Crippen LogP contribution in [0.5, 0.6) is 5.75 Å². The van der Waals surface area contributed by atoms with E-state index >= 15 is 0 Å². The van der Waals surface area contributed by atoms with Crippen molar-refractivity contribution in [3.05, 3.63) is 16.8 Å². The van der Waals surface area contributed by atoms with Crippen LogP contribution in [0.2, 0.25) is 5.02 Å². The van der Waals surface area contributed by atoms with E-state index in [2.05, 4.69) is 9.72 Å². The van der Waals surface area contributed by atoms with Gasteiger partial charge in [0.2, 0.25) is 0 Å². The minimum absolute atomic E-state index is 0.374. The second-order valence-corrected chi connectivity index (χ2v) is 2.76. The van der Waals surface area contributed by atoms with Gasteiger partial charge in [0, 0.05) is 0 Å². The first kappa shape index (κ1) is 11.4. The highest BCUT2D eigenvalue weighted by atomic mass is 35.5. The Morgan fingerprint density at radius 1 is 1.53 bits per heavy atom. The van der Waals surface area contributed by atoms with Gasteiger partial charge < -0.3 is 10.5 Å². The van der Waals surface area contributed by atoms with Crippen LogP contribution in [-0.4, -0.2) is 11.3 Å². The minimum atomic E-state index is -4.94. The number of rotatable bonds is 1. The fourth-order valence-corrected chi connectivity index (χ4v) is 0.991. The van der Waals surface area contributed by atoms with Crippen molar-refractivity contribution in [3.8, 4) is 11.8 Å². The number of hydrogen-bond acceptors (Lipinski definition) is 4. The lowest BCUT2D eigenvalue weighted by molar-refractivity contribution is -0.274. The molecule has 0 aliphatic rings. The van der Waals surface area contributed by atoms with E-state index in [1.54, 1.807) is 0 Å². The first-order valence-electron chi connectivity index (χ1n) is 3.45. The molecule has 1 rings (SSSR count). The molecule has 0 saturated carbocycles. The van der Waals surface area contributed by atoms with Crippen molar-refractivity contribution in [1.29, 1.82) is 5.26 Å². The summed E-state index contributed by atoms with van der Waals surface area (Å²) < 4.78 is 39.3. The Hall–Kier alpha value is -1.68. The third-order valence-corrected chi connectivity index (χ3v) is 1.62. The summed E-state index contributed by atoms with van der Waals surface area (Å²) in [6.07, 6.45) is -4.07. The van der Waals surface area contributed by atoms with Crippen LogP contribution in [0.25, 0.3) is 0 Å². The van der Waals surface area contributed by atoms with Gasteiger partial charge in [0.05, 0.1) is 6.20 Å². The molecule has 15 heavy (non-hydrogen) atoms. The number of nitrogens with two attached hydrogens (primary N) is 1. The number of ether oxygens (including phenoxy) is 1. The van der Waals surface area contributed by atoms with Gasteiger partial charge in [-0.25, -0.2) is 4.98 Å². The number of alkyl halides is 3. The molecule has 8 heteroatoms. The Bertz CT molecular complexity index is 427. The van der Waals surface area contributed by atoms with Crippen LogP contribution in [0.3, 0.4) is 0 Å². The lowest BCUT2D eigenvalue weighted by atomic mass is 10.2. The Kier molecular flexibility index (Phi) is 2.90. The first-order chi connectivity index (χ1) is 6.85. The molecule has 2 N–H and O–H groups in total. The van der Waals surface area contributed by atoms with E-state index in [0.29, 0.717) is 0 Å². The van der Waals surface area contributed by atoms with Crippen LogP contribution in [0, 0.1) is 11.3 Å². The van der Waals surface area contributed by atoms with Crippen LogP contribution >= 0.6 is 11.6 Å². The molecular formula is C7H3ClF3N3O. The molecule has 80 valence electrons. The molecule has 0 aromatic carbocycles. The van der Waals surface area contributed by atoms with Crippen molar-refractivity contribution in [2.75, 3.05) is 5.73 Å². The van der Waals surface area contributed by atoms with Crippen molar-refractivity contribution in [2.24, 2.45) is 0 Å². The third-order valence-electron chi connectivity index (χ3n) is 1.35. The smallest absolute Gasteiger partial charge is 0.403 e. The quantitative estimate of drug-likeness (QED) is 0.812. The van der Waals surface area contributed by atoms with Crippen LogP contribution in [0.15, 0.2) is 6.20 Å². The average molecular weight is 238 g/mol. The Morgan fingerprint density at radius 2 is 2.13 bits per heavy atom. The van der Waals surface area contributed by atoms with E-state index in [4.69, 9.17) is 22.6 Å². The van der Waals surface area contributed by atoms with Gasteiger partial charge in [-0.1, -0.05) is 11.6 Å². The number of halogens is 4. The largest absolute Gasteiger partial charge is 0.573 e. The molecule has 0 unspecified atom stereocenters. The van der Waals surface area contributed by atoms with E-state index in [0.717, 1.165) is 6.20 Å². The van der Waals surface area contributed by atoms with Crippen LogP contribution in [0.1, 0.15) is 5.56 Å². The number of nitriles is 1. The summed E-state index contributed by atoms with van der Waals surface area (Å²) in [5.74, 6) is -1.21. The van der Waals surface area contributed by atoms with Crippen molar-refractivity contribution in [1.82, 2.24) is 4.98 Å². The second-order valence-electron chi connectivity index (χ2n) is 2.36. The van der Waals surface area contributed by atoms with E-state index < -0.39 is 22.7 Å². The molecular weight excluding hydrogens is 235 g/mol. The molecule has 0 spiro atoms. The number of nitrogen functional groups attached to an aromatic ring is 1. The molecule has 1 heterocycles. The van der Waals surface area contributed by atoms with Gasteiger partial charge in [-0.05, 0) is 0 Å². The average Bonchev–Trinajstić information content (AvgIpc) is 2.10. The normalized spacial score (nSPS) is 10.9. The predicted octanol–water partition coefficient (Wildman–Crippen LogP) is 2.09. The van der Waals surface area contributed by atoms with Crippen molar-refractivity contribution in [3.63, 3.8) is 0 Å². The van der Waals surface area contributed by atoms with Crippen LogP contribution in [-0.2, 0) is 0 Å². The summed E-state index contributed by atoms with van der Waals surface area (Å²) in [5.41, 5.74) is 4.64. The fourth-order valence-electron chi connectivity index (χ4n) is 0.809. The lowest BCUT2D eigenvalue weighted by Crippen LogP contribution is -2.18. The number of nitrogens with zero attached hydrogens (tertiary/aromatic N) is 2. The topological polar surface area (TPSA) is 71.9 Å². The van der Waals surface area contributed by atoms with Gasteiger partial charge in [-0.15, -0.1) is 13.2 Å². The summed E-state index contributed by atoms with van der Waals surface area (Å²) in [5, 5.41) is 8.11. The SMILES string of the molecule is N#Cc1c(N)ncc(Cl)c1OC(F)(F)F. The van der Waals surface area contributed by atoms with Crippen molar-refractivity contribution < 1.29 is 17.9 Å². The summed E-state index contributed by atoms with van der Waals surface area (Å²) in [6.45, 7) is 0. The van der Waals surface area contributed by atoms with E-state index in [9.17, 15) is 13.2 Å². The van der Waals surface area contributed by atoms with Crippen molar-refractivity contribution in [2.45, 2.75) is 6.36 Å². The highest BCUT2D eigenvalue weighted by Crippen LogP contribution is 2.34. The number of aromatic nitrogens is 1. The molecule has 0 aliphatic heterocycles. The van der Waals surface area contributed by atoms with E-state index in [1.165, 1.54) is 6.07 Å². The number of pyridine rings is 1. The number of anilines is 1. The van der Waals surface area contributed by atoms with Gasteiger partial charge in [-0.3, -0.25) is 0 Å². The van der Waals surface area contributed by atoms with Gasteiger partial charge in [0.15, 0.2) is 5.75 Å². The van der Waals surface area contributed by atoms with Crippen LogP contribution < -0.4 is 10.5 Å². The molecule has 0 bridgehead atoms. The lowest BCUT2D eigenvalue weighted by Gasteiger charge is -2.11. The Labute approximate surface area is 87.0 Å². The molecule has 1 aromatic heterocycles. The summed E-state index contributed by atoms with van der Waals surface area (Å²) in [6, 6.07) is 1.43. The Balaban J connectivity index is 3.28. The second kappa shape index (κ2) is 3.82. The maximum Gasteiger partial charge on any atom is 0.573 e. The maximum atomic E-state index is 11.9. The minimum Gasteiger partial charge on any atom is -0.403 e. The zero-order valence-corrected chi connectivity index (χ0v) is 7.73. The predicted molar refractivity (Wildman–Crippen MR) is 45.1 cm³/mol. The van der Waals surface area contributed by atoms with Crippen LogP contribution in [0.4, 0.5) is 19.0 Å².